The van der Waals surface area contributed by atoms with Gasteiger partial charge in [-0.05, 0) is 50.1 Å². The van der Waals surface area contributed by atoms with Crippen LogP contribution in [-0.2, 0) is 0 Å². The lowest BCUT2D eigenvalue weighted by molar-refractivity contribution is 0.408. The van der Waals surface area contributed by atoms with Crippen LogP contribution in [-0.4, -0.2) is 17.3 Å². The number of methoxy groups -OCH3 is 1. The van der Waals surface area contributed by atoms with Gasteiger partial charge in [0.25, 0.3) is 5.88 Å². The third kappa shape index (κ3) is 3.03. The molecule has 0 aliphatic heterocycles. The Labute approximate surface area is 126 Å². The molecule has 0 saturated carbocycles. The first kappa shape index (κ1) is 13.8. The van der Waals surface area contributed by atoms with Crippen LogP contribution in [0.25, 0.3) is 0 Å². The van der Waals surface area contributed by atoms with Crippen LogP contribution < -0.4 is 9.47 Å². The van der Waals surface area contributed by atoms with Crippen molar-refractivity contribution in [1.29, 1.82) is 5.26 Å². The molecule has 0 aliphatic rings. The Morgan fingerprint density at radius 3 is 2.58 bits per heavy atom. The Morgan fingerprint density at radius 1 is 1.21 bits per heavy atom. The minimum Gasteiger partial charge on any atom is -0.496 e. The number of rotatable bonds is 3. The maximum Gasteiger partial charge on any atom is 0.257 e. The lowest BCUT2D eigenvalue weighted by atomic mass is 10.3. The van der Waals surface area contributed by atoms with E-state index < -0.39 is 0 Å². The minimum atomic E-state index is 0.155. The van der Waals surface area contributed by atoms with E-state index in [0.717, 1.165) is 4.47 Å². The molecule has 96 valence electrons. The molecule has 5 nitrogen and oxygen atoms in total. The van der Waals surface area contributed by atoms with Gasteiger partial charge in [-0.15, -0.1) is 5.10 Å². The number of hydrogen-bond acceptors (Lipinski definition) is 5. The van der Waals surface area contributed by atoms with Crippen molar-refractivity contribution in [2.45, 2.75) is 0 Å². The molecule has 0 amide bonds. The van der Waals surface area contributed by atoms with Crippen LogP contribution in [0.3, 0.4) is 0 Å². The number of benzene rings is 1. The predicted molar refractivity (Wildman–Crippen MR) is 75.2 cm³/mol. The van der Waals surface area contributed by atoms with Gasteiger partial charge in [0.15, 0.2) is 0 Å². The molecule has 1 aromatic carbocycles. The summed E-state index contributed by atoms with van der Waals surface area (Å²) in [5.41, 5.74) is 0.314. The van der Waals surface area contributed by atoms with E-state index in [-0.39, 0.29) is 5.88 Å². The summed E-state index contributed by atoms with van der Waals surface area (Å²) in [5, 5.41) is 16.5. The number of hydrogen-bond donors (Lipinski definition) is 0. The van der Waals surface area contributed by atoms with E-state index >= 15 is 0 Å². The molecule has 0 atom stereocenters. The van der Waals surface area contributed by atoms with E-state index in [2.05, 4.69) is 42.1 Å². The van der Waals surface area contributed by atoms with E-state index in [9.17, 15) is 0 Å². The number of aromatic nitrogens is 2. The van der Waals surface area contributed by atoms with Crippen LogP contribution in [0.2, 0.25) is 0 Å². The van der Waals surface area contributed by atoms with E-state index in [0.29, 0.717) is 21.5 Å². The zero-order valence-electron chi connectivity index (χ0n) is 9.72. The molecule has 19 heavy (non-hydrogen) atoms. The second-order valence-electron chi connectivity index (χ2n) is 3.38. The van der Waals surface area contributed by atoms with Crippen molar-refractivity contribution in [1.82, 2.24) is 10.2 Å². The molecule has 2 aromatic rings. The summed E-state index contributed by atoms with van der Waals surface area (Å²) < 4.78 is 12.2. The highest BCUT2D eigenvalue weighted by Gasteiger charge is 2.12. The lowest BCUT2D eigenvalue weighted by Gasteiger charge is -2.10. The highest BCUT2D eigenvalue weighted by molar-refractivity contribution is 9.11. The Kier molecular flexibility index (Phi) is 4.35. The second kappa shape index (κ2) is 5.99. The molecular formula is C12H7Br2N3O2. The van der Waals surface area contributed by atoms with Crippen molar-refractivity contribution >= 4 is 31.9 Å². The van der Waals surface area contributed by atoms with E-state index in [1.807, 2.05) is 6.07 Å². The van der Waals surface area contributed by atoms with Gasteiger partial charge in [-0.25, -0.2) is 0 Å². The van der Waals surface area contributed by atoms with Crippen LogP contribution >= 0.6 is 31.9 Å². The number of ether oxygens (including phenoxy) is 2. The molecule has 0 spiro atoms. The Morgan fingerprint density at radius 2 is 1.89 bits per heavy atom. The maximum absolute atomic E-state index is 8.96. The van der Waals surface area contributed by atoms with Gasteiger partial charge in [0, 0.05) is 0 Å². The average Bonchev–Trinajstić information content (AvgIpc) is 2.43. The van der Waals surface area contributed by atoms with E-state index in [4.69, 9.17) is 14.7 Å². The first-order valence-electron chi connectivity index (χ1n) is 5.08. The Bertz CT molecular complexity index is 656. The van der Waals surface area contributed by atoms with Gasteiger partial charge in [0.2, 0.25) is 0 Å². The van der Waals surface area contributed by atoms with Crippen LogP contribution in [0, 0.1) is 11.3 Å². The molecule has 0 saturated heterocycles. The van der Waals surface area contributed by atoms with Gasteiger partial charge in [-0.3, -0.25) is 0 Å². The average molecular weight is 385 g/mol. The number of nitriles is 1. The fraction of sp³-hybridized carbons (Fsp3) is 0.0833. The fourth-order valence-corrected chi connectivity index (χ4v) is 2.22. The van der Waals surface area contributed by atoms with E-state index in [1.54, 1.807) is 19.2 Å². The Hall–Kier alpha value is -1.65. The molecule has 1 heterocycles. The summed E-state index contributed by atoms with van der Waals surface area (Å²) in [5.74, 6) is 1.33. The van der Waals surface area contributed by atoms with Crippen molar-refractivity contribution < 1.29 is 9.47 Å². The Balaban J connectivity index is 2.39. The molecule has 0 N–H and O–H groups in total. The van der Waals surface area contributed by atoms with Gasteiger partial charge in [-0.2, -0.15) is 10.4 Å². The first-order chi connectivity index (χ1) is 9.15. The van der Waals surface area contributed by atoms with Crippen LogP contribution in [0.1, 0.15) is 5.56 Å². The van der Waals surface area contributed by atoms with Gasteiger partial charge in [-0.1, -0.05) is 0 Å². The molecule has 0 fully saturated rings. The third-order valence-electron chi connectivity index (χ3n) is 2.22. The van der Waals surface area contributed by atoms with Crippen LogP contribution in [0.5, 0.6) is 17.4 Å². The van der Waals surface area contributed by atoms with Gasteiger partial charge < -0.3 is 9.47 Å². The highest BCUT2D eigenvalue weighted by Crippen LogP contribution is 2.38. The zero-order chi connectivity index (χ0) is 13.8. The molecule has 0 radical (unpaired) electrons. The quantitative estimate of drug-likeness (QED) is 0.807. The van der Waals surface area contributed by atoms with Crippen molar-refractivity contribution in [3.05, 3.63) is 38.9 Å². The predicted octanol–water partition coefficient (Wildman–Crippen LogP) is 3.67. The van der Waals surface area contributed by atoms with E-state index in [1.165, 1.54) is 12.3 Å². The largest absolute Gasteiger partial charge is 0.496 e. The fourth-order valence-electron chi connectivity index (χ4n) is 1.33. The number of halogens is 2. The normalized spacial score (nSPS) is 9.79. The lowest BCUT2D eigenvalue weighted by Crippen LogP contribution is -1.95. The topological polar surface area (TPSA) is 68.0 Å². The number of nitrogens with zero attached hydrogens (tertiary/aromatic N) is 3. The van der Waals surface area contributed by atoms with Gasteiger partial charge in [0.05, 0.1) is 22.3 Å². The smallest absolute Gasteiger partial charge is 0.257 e. The zero-order valence-corrected chi connectivity index (χ0v) is 12.9. The SMILES string of the molecule is COc1cc(Br)c(Oc2nnccc2C#N)cc1Br. The summed E-state index contributed by atoms with van der Waals surface area (Å²) in [6.45, 7) is 0. The summed E-state index contributed by atoms with van der Waals surface area (Å²) in [4.78, 5) is 0. The molecule has 1 aromatic heterocycles. The highest BCUT2D eigenvalue weighted by atomic mass is 79.9. The van der Waals surface area contributed by atoms with Crippen LogP contribution in [0.15, 0.2) is 33.3 Å². The molecule has 2 rings (SSSR count). The molecule has 0 aliphatic carbocycles. The standard InChI is InChI=1S/C12H7Br2N3O2/c1-18-10-4-9(14)11(5-8(10)13)19-12-7(6-15)2-3-16-17-12/h2-5H,1H3. The molecule has 0 unspecified atom stereocenters. The van der Waals surface area contributed by atoms with Gasteiger partial charge >= 0.3 is 0 Å². The van der Waals surface area contributed by atoms with Crippen LogP contribution in [0.4, 0.5) is 0 Å². The minimum absolute atomic E-state index is 0.155. The van der Waals surface area contributed by atoms with Crippen molar-refractivity contribution in [2.24, 2.45) is 0 Å². The third-order valence-corrected chi connectivity index (χ3v) is 3.46. The monoisotopic (exact) mass is 383 g/mol. The van der Waals surface area contributed by atoms with Crippen molar-refractivity contribution in [3.8, 4) is 23.4 Å². The first-order valence-corrected chi connectivity index (χ1v) is 6.67. The maximum atomic E-state index is 8.96. The molecule has 7 heteroatoms. The molecule has 0 bridgehead atoms. The van der Waals surface area contributed by atoms with Crippen molar-refractivity contribution in [2.75, 3.05) is 7.11 Å². The van der Waals surface area contributed by atoms with Gasteiger partial charge in [0.1, 0.15) is 23.1 Å². The summed E-state index contributed by atoms with van der Waals surface area (Å²) in [7, 11) is 1.57. The molecular weight excluding hydrogens is 378 g/mol. The summed E-state index contributed by atoms with van der Waals surface area (Å²) in [6, 6.07) is 7.00. The summed E-state index contributed by atoms with van der Waals surface area (Å²) >= 11 is 6.73. The van der Waals surface area contributed by atoms with Crippen molar-refractivity contribution in [3.63, 3.8) is 0 Å². The summed E-state index contributed by atoms with van der Waals surface area (Å²) in [6.07, 6.45) is 1.43. The second-order valence-corrected chi connectivity index (χ2v) is 5.09.